The molecule has 6 heteroatoms. The van der Waals surface area contributed by atoms with Gasteiger partial charge >= 0.3 is 5.97 Å². The second kappa shape index (κ2) is 6.24. The van der Waals surface area contributed by atoms with Crippen LogP contribution in [0.4, 0.5) is 4.39 Å². The summed E-state index contributed by atoms with van der Waals surface area (Å²) in [5.74, 6) is -1.21. The number of hydrogen-bond donors (Lipinski definition) is 1. The van der Waals surface area contributed by atoms with Gasteiger partial charge in [0.05, 0.1) is 10.6 Å². The van der Waals surface area contributed by atoms with Crippen LogP contribution in [0.1, 0.15) is 15.9 Å². The van der Waals surface area contributed by atoms with Crippen LogP contribution in [-0.2, 0) is 6.61 Å². The molecule has 0 amide bonds. The van der Waals surface area contributed by atoms with E-state index in [9.17, 15) is 9.18 Å². The molecular weight excluding hydrogens is 351 g/mol. The molecule has 0 saturated carbocycles. The maximum absolute atomic E-state index is 13.2. The lowest BCUT2D eigenvalue weighted by atomic mass is 10.1. The van der Waals surface area contributed by atoms with Crippen molar-refractivity contribution in [1.82, 2.24) is 0 Å². The lowest BCUT2D eigenvalue weighted by Gasteiger charge is -2.09. The molecule has 0 saturated heterocycles. The number of aromatic carboxylic acids is 1. The number of carboxylic acid groups (broad SMARTS) is 1. The van der Waals surface area contributed by atoms with Crippen LogP contribution < -0.4 is 4.74 Å². The number of ether oxygens (including phenoxy) is 1. The van der Waals surface area contributed by atoms with E-state index in [1.807, 2.05) is 0 Å². The van der Waals surface area contributed by atoms with Crippen molar-refractivity contribution < 1.29 is 19.0 Å². The number of carbonyl (C=O) groups is 1. The van der Waals surface area contributed by atoms with Gasteiger partial charge in [-0.15, -0.1) is 0 Å². The molecule has 2 aromatic carbocycles. The van der Waals surface area contributed by atoms with E-state index in [4.69, 9.17) is 21.4 Å². The predicted octanol–water partition coefficient (Wildman–Crippen LogP) is 4.52. The van der Waals surface area contributed by atoms with Crippen molar-refractivity contribution in [3.8, 4) is 5.75 Å². The quantitative estimate of drug-likeness (QED) is 0.873. The highest BCUT2D eigenvalue weighted by Crippen LogP contribution is 2.23. The first-order valence-corrected chi connectivity index (χ1v) is 6.74. The third kappa shape index (κ3) is 3.49. The summed E-state index contributed by atoms with van der Waals surface area (Å²) in [6, 6.07) is 8.78. The Morgan fingerprint density at radius 2 is 2.05 bits per heavy atom. The molecule has 0 aliphatic carbocycles. The van der Waals surface area contributed by atoms with Crippen molar-refractivity contribution in [2.45, 2.75) is 6.61 Å². The van der Waals surface area contributed by atoms with Crippen molar-refractivity contribution in [3.05, 3.63) is 62.8 Å². The Labute approximate surface area is 128 Å². The first-order valence-electron chi connectivity index (χ1n) is 5.57. The molecule has 3 nitrogen and oxygen atoms in total. The van der Waals surface area contributed by atoms with Crippen LogP contribution >= 0.6 is 27.5 Å². The number of rotatable bonds is 4. The van der Waals surface area contributed by atoms with E-state index in [0.717, 1.165) is 5.56 Å². The third-order valence-electron chi connectivity index (χ3n) is 2.59. The number of carboxylic acids is 1. The second-order valence-electron chi connectivity index (χ2n) is 3.98. The van der Waals surface area contributed by atoms with Crippen LogP contribution in [-0.4, -0.2) is 11.1 Å². The molecule has 0 heterocycles. The molecule has 0 bridgehead atoms. The van der Waals surface area contributed by atoms with Crippen LogP contribution in [0.25, 0.3) is 0 Å². The van der Waals surface area contributed by atoms with E-state index in [2.05, 4.69) is 15.9 Å². The minimum atomic E-state index is -1.00. The van der Waals surface area contributed by atoms with Crippen molar-refractivity contribution >= 4 is 33.5 Å². The fraction of sp³-hybridized carbons (Fsp3) is 0.0714. The van der Waals surface area contributed by atoms with E-state index < -0.39 is 11.8 Å². The summed E-state index contributed by atoms with van der Waals surface area (Å²) < 4.78 is 19.3. The SMILES string of the molecule is O=C(O)c1ccc(COc2ccc(Cl)c(F)c2)c(Br)c1. The molecule has 1 N–H and O–H groups in total. The highest BCUT2D eigenvalue weighted by molar-refractivity contribution is 9.10. The highest BCUT2D eigenvalue weighted by atomic mass is 79.9. The fourth-order valence-electron chi connectivity index (χ4n) is 1.53. The zero-order valence-corrected chi connectivity index (χ0v) is 12.4. The van der Waals surface area contributed by atoms with E-state index >= 15 is 0 Å². The van der Waals surface area contributed by atoms with Gasteiger partial charge in [-0.1, -0.05) is 33.6 Å². The molecule has 20 heavy (non-hydrogen) atoms. The standard InChI is InChI=1S/C14H9BrClFO3/c15-11-5-8(14(18)19)1-2-9(11)7-20-10-3-4-12(16)13(17)6-10/h1-6H,7H2,(H,18,19). The maximum atomic E-state index is 13.2. The van der Waals surface area contributed by atoms with Gasteiger partial charge in [-0.05, 0) is 24.3 Å². The van der Waals surface area contributed by atoms with Gasteiger partial charge in [-0.25, -0.2) is 9.18 Å². The number of benzene rings is 2. The van der Waals surface area contributed by atoms with Crippen LogP contribution in [0.5, 0.6) is 5.75 Å². The van der Waals surface area contributed by atoms with E-state index in [0.29, 0.717) is 10.2 Å². The van der Waals surface area contributed by atoms with Gasteiger partial charge in [-0.3, -0.25) is 0 Å². The zero-order valence-electron chi connectivity index (χ0n) is 10.1. The molecule has 2 aromatic rings. The van der Waals surface area contributed by atoms with Crippen molar-refractivity contribution in [1.29, 1.82) is 0 Å². The molecular formula is C14H9BrClFO3. The topological polar surface area (TPSA) is 46.5 Å². The Hall–Kier alpha value is -1.59. The molecule has 104 valence electrons. The first kappa shape index (κ1) is 14.8. The molecule has 0 unspecified atom stereocenters. The van der Waals surface area contributed by atoms with Crippen molar-refractivity contribution in [3.63, 3.8) is 0 Å². The van der Waals surface area contributed by atoms with Crippen molar-refractivity contribution in [2.75, 3.05) is 0 Å². The molecule has 0 aromatic heterocycles. The summed E-state index contributed by atoms with van der Waals surface area (Å²) in [6.07, 6.45) is 0. The largest absolute Gasteiger partial charge is 0.489 e. The third-order valence-corrected chi connectivity index (χ3v) is 3.63. The zero-order chi connectivity index (χ0) is 14.7. The van der Waals surface area contributed by atoms with Gasteiger partial charge in [0.1, 0.15) is 18.2 Å². The molecule has 2 rings (SSSR count). The van der Waals surface area contributed by atoms with Gasteiger partial charge in [0.25, 0.3) is 0 Å². The van der Waals surface area contributed by atoms with Gasteiger partial charge in [0.2, 0.25) is 0 Å². The number of halogens is 3. The molecule has 0 fully saturated rings. The summed E-state index contributed by atoms with van der Waals surface area (Å²) in [4.78, 5) is 10.8. The number of hydrogen-bond acceptors (Lipinski definition) is 2. The molecule has 0 radical (unpaired) electrons. The summed E-state index contributed by atoms with van der Waals surface area (Å²) in [7, 11) is 0. The predicted molar refractivity (Wildman–Crippen MR) is 76.8 cm³/mol. The average Bonchev–Trinajstić information content (AvgIpc) is 2.41. The maximum Gasteiger partial charge on any atom is 0.335 e. The first-order chi connectivity index (χ1) is 9.47. The van der Waals surface area contributed by atoms with Crippen molar-refractivity contribution in [2.24, 2.45) is 0 Å². The molecule has 0 aliphatic heterocycles. The fourth-order valence-corrected chi connectivity index (χ4v) is 2.14. The van der Waals surface area contributed by atoms with Gasteiger partial charge in [0, 0.05) is 16.1 Å². The second-order valence-corrected chi connectivity index (χ2v) is 5.24. The Kier molecular flexibility index (Phi) is 4.62. The van der Waals surface area contributed by atoms with E-state index in [-0.39, 0.29) is 17.2 Å². The molecule has 0 aliphatic rings. The lowest BCUT2D eigenvalue weighted by Crippen LogP contribution is -2.00. The average molecular weight is 360 g/mol. The van der Waals surface area contributed by atoms with Crippen LogP contribution in [0.2, 0.25) is 5.02 Å². The minimum Gasteiger partial charge on any atom is -0.489 e. The molecule has 0 atom stereocenters. The Bertz CT molecular complexity index is 661. The van der Waals surface area contributed by atoms with Gasteiger partial charge in [-0.2, -0.15) is 0 Å². The Morgan fingerprint density at radius 3 is 2.65 bits per heavy atom. The Balaban J connectivity index is 2.10. The van der Waals surface area contributed by atoms with Crippen LogP contribution in [0.15, 0.2) is 40.9 Å². The lowest BCUT2D eigenvalue weighted by molar-refractivity contribution is 0.0696. The normalized spacial score (nSPS) is 10.3. The summed E-state index contributed by atoms with van der Waals surface area (Å²) in [5, 5.41) is 8.89. The highest BCUT2D eigenvalue weighted by Gasteiger charge is 2.08. The van der Waals surface area contributed by atoms with Gasteiger partial charge < -0.3 is 9.84 Å². The monoisotopic (exact) mass is 358 g/mol. The summed E-state index contributed by atoms with van der Waals surface area (Å²) in [6.45, 7) is 0.182. The van der Waals surface area contributed by atoms with Crippen LogP contribution in [0.3, 0.4) is 0 Å². The summed E-state index contributed by atoms with van der Waals surface area (Å²) in [5.41, 5.74) is 0.934. The smallest absolute Gasteiger partial charge is 0.335 e. The molecule has 0 spiro atoms. The van der Waals surface area contributed by atoms with E-state index in [1.165, 1.54) is 24.3 Å². The van der Waals surface area contributed by atoms with E-state index in [1.54, 1.807) is 12.1 Å². The Morgan fingerprint density at radius 1 is 1.30 bits per heavy atom. The van der Waals surface area contributed by atoms with Gasteiger partial charge in [0.15, 0.2) is 0 Å². The van der Waals surface area contributed by atoms with Crippen LogP contribution in [0, 0.1) is 5.82 Å². The minimum absolute atomic E-state index is 0.0318. The summed E-state index contributed by atoms with van der Waals surface area (Å²) >= 11 is 8.85.